The van der Waals surface area contributed by atoms with Gasteiger partial charge in [0, 0.05) is 6.42 Å². The summed E-state index contributed by atoms with van der Waals surface area (Å²) in [5.74, 6) is 1.53. The molecule has 0 aliphatic carbocycles. The van der Waals surface area contributed by atoms with Crippen LogP contribution in [0.5, 0.6) is 5.75 Å². The van der Waals surface area contributed by atoms with Crippen molar-refractivity contribution in [1.29, 1.82) is 5.26 Å². The monoisotopic (exact) mass is 843 g/mol. The molecule has 1 aromatic carbocycles. The molecule has 320 valence electrons. The fourth-order valence-corrected chi connectivity index (χ4v) is 9.06. The Morgan fingerprint density at radius 3 is 2.36 bits per heavy atom. The van der Waals surface area contributed by atoms with Crippen LogP contribution < -0.4 is 9.61 Å². The van der Waals surface area contributed by atoms with Crippen LogP contribution in [0.2, 0.25) is 0 Å². The number of para-hydroxylation sites is 1. The van der Waals surface area contributed by atoms with Crippen molar-refractivity contribution in [3.63, 3.8) is 0 Å². The van der Waals surface area contributed by atoms with Crippen LogP contribution in [0.4, 0.5) is 0 Å². The van der Waals surface area contributed by atoms with Crippen LogP contribution in [-0.2, 0) is 38.5 Å². The zero-order chi connectivity index (χ0) is 42.0. The lowest BCUT2D eigenvalue weighted by Gasteiger charge is -2.27. The minimum Gasteiger partial charge on any atom is -0.464 e. The Labute approximate surface area is 347 Å². The number of rotatable bonds is 27. The van der Waals surface area contributed by atoms with Crippen molar-refractivity contribution in [2.45, 2.75) is 142 Å². The van der Waals surface area contributed by atoms with Gasteiger partial charge >= 0.3 is 19.7 Å². The van der Waals surface area contributed by atoms with Crippen molar-refractivity contribution in [3.05, 3.63) is 60.2 Å². The van der Waals surface area contributed by atoms with E-state index in [1.54, 1.807) is 49.4 Å². The largest absolute Gasteiger partial charge is 0.464 e. The van der Waals surface area contributed by atoms with Crippen molar-refractivity contribution in [2.24, 2.45) is 5.92 Å². The number of aliphatic hydroxyl groups excluding tert-OH is 1. The molecule has 2 aromatic heterocycles. The Kier molecular flexibility index (Phi) is 19.5. The third-order valence-corrected chi connectivity index (χ3v) is 13.1. The second-order valence-corrected chi connectivity index (χ2v) is 17.8. The number of nitrogens with one attached hydrogen (secondary N) is 1. The van der Waals surface area contributed by atoms with Crippen LogP contribution in [-0.4, -0.2) is 80.7 Å². The molecule has 1 aliphatic rings. The molecule has 6 atom stereocenters. The number of hydrogen-bond donors (Lipinski definition) is 2. The summed E-state index contributed by atoms with van der Waals surface area (Å²) < 4.78 is 45.3. The number of aliphatic hydroxyl groups is 1. The van der Waals surface area contributed by atoms with E-state index in [-0.39, 0.29) is 30.4 Å². The first kappa shape index (κ1) is 47.2. The van der Waals surface area contributed by atoms with E-state index in [2.05, 4.69) is 28.2 Å². The van der Waals surface area contributed by atoms with Crippen molar-refractivity contribution >= 4 is 37.0 Å². The molecule has 0 saturated carbocycles. The summed E-state index contributed by atoms with van der Waals surface area (Å²) >= 11 is 1.99. The van der Waals surface area contributed by atoms with E-state index in [0.717, 1.165) is 32.1 Å². The quantitative estimate of drug-likeness (QED) is 0.0425. The fourth-order valence-electron chi connectivity index (χ4n) is 6.86. The Hall–Kier alpha value is -3.51. The Bertz CT molecular complexity index is 1810. The third-order valence-electron chi connectivity index (χ3n) is 10.5. The van der Waals surface area contributed by atoms with E-state index >= 15 is 0 Å². The predicted molar refractivity (Wildman–Crippen MR) is 223 cm³/mol. The van der Waals surface area contributed by atoms with Crippen LogP contribution in [0.25, 0.3) is 5.52 Å². The molecule has 1 fully saturated rings. The third kappa shape index (κ3) is 13.2. The molecule has 1 aliphatic heterocycles. The average molecular weight is 844 g/mol. The van der Waals surface area contributed by atoms with E-state index in [4.69, 9.17) is 23.3 Å². The SMILES string of the molecule is CCSCCCCCCCCCCCC(=O)O[C@@H]1[C@H](O)[C@@H](COP(=O)(N[C@H](C)C(=O)OCC(CC)CC)Oc2ccccc2)O[C@@]1(C#N)c1ccc2c(C)ncnn12. The van der Waals surface area contributed by atoms with Crippen molar-refractivity contribution < 1.29 is 42.5 Å². The van der Waals surface area contributed by atoms with Crippen LogP contribution in [0, 0.1) is 24.2 Å². The molecule has 3 heterocycles. The number of aryl methyl sites for hydroxylation is 1. The zero-order valence-corrected chi connectivity index (χ0v) is 36.4. The highest BCUT2D eigenvalue weighted by atomic mass is 32.2. The molecule has 16 heteroatoms. The summed E-state index contributed by atoms with van der Waals surface area (Å²) in [5.41, 5.74) is -0.629. The lowest BCUT2D eigenvalue weighted by molar-refractivity contribution is -0.160. The molecule has 0 spiro atoms. The van der Waals surface area contributed by atoms with Crippen LogP contribution >= 0.6 is 19.5 Å². The van der Waals surface area contributed by atoms with Gasteiger partial charge in [0.25, 0.3) is 0 Å². The van der Waals surface area contributed by atoms with Gasteiger partial charge in [-0.3, -0.25) is 14.1 Å². The second kappa shape index (κ2) is 23.9. The first-order valence-electron chi connectivity index (χ1n) is 20.8. The minimum atomic E-state index is -4.39. The molecule has 4 rings (SSSR count). The fraction of sp³-hybridized carbons (Fsp3) is 0.643. The number of nitriles is 1. The number of ether oxygens (including phenoxy) is 3. The number of esters is 2. The molecular formula is C42H62N5O9PS. The van der Waals surface area contributed by atoms with Crippen LogP contribution in [0.1, 0.15) is 116 Å². The van der Waals surface area contributed by atoms with E-state index in [1.807, 2.05) is 25.6 Å². The first-order chi connectivity index (χ1) is 28.0. The molecule has 14 nitrogen and oxygen atoms in total. The highest BCUT2D eigenvalue weighted by Gasteiger charge is 2.60. The Morgan fingerprint density at radius 2 is 1.71 bits per heavy atom. The maximum atomic E-state index is 14.4. The van der Waals surface area contributed by atoms with Crippen LogP contribution in [0.3, 0.4) is 0 Å². The minimum absolute atomic E-state index is 0.0897. The Morgan fingerprint density at radius 1 is 1.03 bits per heavy atom. The Balaban J connectivity index is 1.47. The smallest absolute Gasteiger partial charge is 0.459 e. The number of aromatic nitrogens is 3. The molecule has 0 amide bonds. The van der Waals surface area contributed by atoms with Crippen molar-refractivity contribution in [1.82, 2.24) is 19.7 Å². The highest BCUT2D eigenvalue weighted by Crippen LogP contribution is 2.48. The molecule has 1 saturated heterocycles. The van der Waals surface area contributed by atoms with Gasteiger partial charge in [0.05, 0.1) is 30.1 Å². The number of fused-ring (bicyclic) bond motifs is 1. The lowest BCUT2D eigenvalue weighted by Crippen LogP contribution is -2.44. The molecule has 0 radical (unpaired) electrons. The second-order valence-electron chi connectivity index (χ2n) is 14.8. The standard InChI is InChI=1S/C42H62N5O9PS/c1-6-33(7-2)27-52-41(50)32(5)46-57(51,56-34-21-17-16-18-22-34)53-28-36-39(49)40(42(29-43,55-36)37-25-24-35-31(4)44-30-45-47(35)37)54-38(48)23-19-14-12-10-9-11-13-15-20-26-58-8-3/h16-18,21-22,24-25,30,32-33,36,39-40,49H,6-15,19-20,23,26-28H2,1-5H3,(H,46,51)/t32-,36-,39-,40-,42+,57?/m1/s1. The van der Waals surface area contributed by atoms with E-state index in [9.17, 15) is 24.5 Å². The van der Waals surface area contributed by atoms with Gasteiger partial charge in [0.15, 0.2) is 6.10 Å². The normalized spacial score (nSPS) is 20.8. The van der Waals surface area contributed by atoms with Crippen molar-refractivity contribution in [2.75, 3.05) is 24.7 Å². The number of carbonyl (C=O) groups is 2. The average Bonchev–Trinajstić information content (AvgIpc) is 3.78. The van der Waals surface area contributed by atoms with E-state index in [0.29, 0.717) is 17.6 Å². The highest BCUT2D eigenvalue weighted by molar-refractivity contribution is 7.99. The van der Waals surface area contributed by atoms with Gasteiger partial charge in [0.1, 0.15) is 36.4 Å². The summed E-state index contributed by atoms with van der Waals surface area (Å²) in [7, 11) is -4.39. The van der Waals surface area contributed by atoms with Gasteiger partial charge in [-0.25, -0.2) is 14.1 Å². The maximum Gasteiger partial charge on any atom is 0.459 e. The van der Waals surface area contributed by atoms with Gasteiger partial charge in [0.2, 0.25) is 5.60 Å². The van der Waals surface area contributed by atoms with Gasteiger partial charge in [-0.15, -0.1) is 0 Å². The van der Waals surface area contributed by atoms with Crippen molar-refractivity contribution in [3.8, 4) is 11.8 Å². The van der Waals surface area contributed by atoms with E-state index in [1.165, 1.54) is 61.4 Å². The summed E-state index contributed by atoms with van der Waals surface area (Å²) in [6, 6.07) is 12.6. The molecule has 2 N–H and O–H groups in total. The topological polar surface area (TPSA) is 184 Å². The predicted octanol–water partition coefficient (Wildman–Crippen LogP) is 8.24. The maximum absolute atomic E-state index is 14.4. The van der Waals surface area contributed by atoms with Crippen LogP contribution in [0.15, 0.2) is 48.8 Å². The van der Waals surface area contributed by atoms with Gasteiger partial charge in [-0.2, -0.15) is 27.2 Å². The zero-order valence-electron chi connectivity index (χ0n) is 34.7. The number of hydrogen-bond acceptors (Lipinski definition) is 13. The molecular weight excluding hydrogens is 782 g/mol. The summed E-state index contributed by atoms with van der Waals surface area (Å²) in [4.78, 5) is 30.6. The molecule has 3 aromatic rings. The number of thioether (sulfide) groups is 1. The first-order valence-corrected chi connectivity index (χ1v) is 23.5. The number of unbranched alkanes of at least 4 members (excludes halogenated alkanes) is 8. The van der Waals surface area contributed by atoms with E-state index < -0.39 is 56.2 Å². The van der Waals surface area contributed by atoms with Gasteiger partial charge < -0.3 is 23.8 Å². The summed E-state index contributed by atoms with van der Waals surface area (Å²) in [6.45, 7) is 9.10. The lowest BCUT2D eigenvalue weighted by atomic mass is 9.92. The molecule has 58 heavy (non-hydrogen) atoms. The molecule has 0 bridgehead atoms. The summed E-state index contributed by atoms with van der Waals surface area (Å²) in [6.07, 6.45) is 8.32. The number of nitrogens with zero attached hydrogens (tertiary/aromatic N) is 4. The summed E-state index contributed by atoms with van der Waals surface area (Å²) in [5, 5.41) is 29.6. The van der Waals surface area contributed by atoms with Gasteiger partial charge in [-0.1, -0.05) is 96.8 Å². The molecule has 1 unspecified atom stereocenters. The van der Waals surface area contributed by atoms with Gasteiger partial charge in [-0.05, 0) is 68.4 Å². The number of benzene rings is 1. The number of carbonyl (C=O) groups excluding carboxylic acids is 2.